The Morgan fingerprint density at radius 3 is 2.58 bits per heavy atom. The Bertz CT molecular complexity index is 1710. The van der Waals surface area contributed by atoms with E-state index in [1.54, 1.807) is 29.4 Å². The normalized spacial score (nSPS) is 16.0. The molecule has 2 saturated heterocycles. The number of hydrogen-bond donors (Lipinski definition) is 3. The van der Waals surface area contributed by atoms with Gasteiger partial charge in [0.25, 0.3) is 11.5 Å². The largest absolute Gasteiger partial charge is 0.493 e. The maximum absolute atomic E-state index is 16.1. The third-order valence-electron chi connectivity index (χ3n) is 8.33. The molecule has 2 aliphatic heterocycles. The number of aryl methyl sites for hydroxylation is 1. The molecule has 1 amide bonds. The van der Waals surface area contributed by atoms with Crippen LogP contribution in [0.25, 0.3) is 22.2 Å². The van der Waals surface area contributed by atoms with Crippen molar-refractivity contribution in [1.82, 2.24) is 19.9 Å². The Morgan fingerprint density at radius 1 is 1.12 bits per heavy atom. The number of pyridine rings is 3. The fourth-order valence-corrected chi connectivity index (χ4v) is 5.91. The van der Waals surface area contributed by atoms with E-state index < -0.39 is 5.82 Å². The molecular formula is C32H35FN6O4. The average Bonchev–Trinajstić information content (AvgIpc) is 3.03. The molecule has 0 saturated carbocycles. The van der Waals surface area contributed by atoms with E-state index in [0.29, 0.717) is 53.9 Å². The third kappa shape index (κ3) is 5.64. The number of carbonyl (C=O) groups excluding carboxylic acids is 1. The molecule has 11 heteroatoms. The lowest BCUT2D eigenvalue weighted by Crippen LogP contribution is -2.35. The molecule has 3 N–H and O–H groups in total. The summed E-state index contributed by atoms with van der Waals surface area (Å²) in [6.07, 6.45) is 7.40. The monoisotopic (exact) mass is 586 g/mol. The number of aromatic amines is 1. The van der Waals surface area contributed by atoms with Gasteiger partial charge in [0.05, 0.1) is 52.9 Å². The van der Waals surface area contributed by atoms with Gasteiger partial charge in [0.1, 0.15) is 5.82 Å². The molecule has 10 nitrogen and oxygen atoms in total. The van der Waals surface area contributed by atoms with Gasteiger partial charge in [0, 0.05) is 37.9 Å². The van der Waals surface area contributed by atoms with Crippen LogP contribution in [0.5, 0.6) is 5.75 Å². The molecule has 0 aliphatic carbocycles. The summed E-state index contributed by atoms with van der Waals surface area (Å²) in [5, 5.41) is 13.4. The second kappa shape index (κ2) is 12.0. The molecular weight excluding hydrogens is 551 g/mol. The summed E-state index contributed by atoms with van der Waals surface area (Å²) < 4.78 is 21.5. The number of piperidine rings is 2. The summed E-state index contributed by atoms with van der Waals surface area (Å²) in [5.41, 5.74) is 2.74. The van der Waals surface area contributed by atoms with Crippen molar-refractivity contribution < 1.29 is 19.0 Å². The lowest BCUT2D eigenvalue weighted by atomic mass is 10.0. The van der Waals surface area contributed by atoms with Crippen molar-refractivity contribution >= 4 is 34.0 Å². The number of fused-ring (bicyclic) bond motifs is 1. The predicted molar refractivity (Wildman–Crippen MR) is 164 cm³/mol. The molecule has 0 atom stereocenters. The molecule has 3 aromatic heterocycles. The smallest absolute Gasteiger partial charge is 0.259 e. The first-order chi connectivity index (χ1) is 20.8. The van der Waals surface area contributed by atoms with Gasteiger partial charge in [-0.3, -0.25) is 9.59 Å². The first-order valence-electron chi connectivity index (χ1n) is 14.7. The highest BCUT2D eigenvalue weighted by Crippen LogP contribution is 2.36. The van der Waals surface area contributed by atoms with Crippen LogP contribution in [0, 0.1) is 12.7 Å². The van der Waals surface area contributed by atoms with Gasteiger partial charge in [-0.15, -0.1) is 0 Å². The highest BCUT2D eigenvalue weighted by atomic mass is 19.1. The highest BCUT2D eigenvalue weighted by molar-refractivity contribution is 5.99. The number of likely N-dealkylation sites (tertiary alicyclic amines) is 1. The summed E-state index contributed by atoms with van der Waals surface area (Å²) in [6.45, 7) is 4.59. The van der Waals surface area contributed by atoms with Crippen LogP contribution >= 0.6 is 0 Å². The second-order valence-electron chi connectivity index (χ2n) is 11.2. The standard InChI is InChI=1S/C32H35FN6O4/c1-19-17-35-31(41)27-25(36-26-9-6-20(18-34-26)38-14-10-21(40)11-15-38)16-24(37-29(19)27)22-7-8-23(30(43-2)28(22)33)32(42)39-12-4-3-5-13-39/h6-9,16-18,21,40H,3-5,10-15H2,1-2H3,(H,35,41)(H,34,36,37). The molecule has 5 heterocycles. The zero-order chi connectivity index (χ0) is 30.1. The Balaban J connectivity index is 1.38. The number of nitrogens with zero attached hydrogens (tertiary/aromatic N) is 4. The number of H-pyrrole nitrogens is 1. The van der Waals surface area contributed by atoms with Crippen molar-refractivity contribution in [2.45, 2.75) is 45.1 Å². The van der Waals surface area contributed by atoms with Crippen LogP contribution in [0.4, 0.5) is 21.6 Å². The van der Waals surface area contributed by atoms with Gasteiger partial charge in [0.2, 0.25) is 0 Å². The van der Waals surface area contributed by atoms with Gasteiger partial charge in [-0.1, -0.05) is 0 Å². The van der Waals surface area contributed by atoms with E-state index in [4.69, 9.17) is 9.72 Å². The number of rotatable bonds is 6. The van der Waals surface area contributed by atoms with Crippen molar-refractivity contribution in [2.24, 2.45) is 0 Å². The van der Waals surface area contributed by atoms with Crippen molar-refractivity contribution in [2.75, 3.05) is 43.5 Å². The van der Waals surface area contributed by atoms with Gasteiger partial charge >= 0.3 is 0 Å². The van der Waals surface area contributed by atoms with Crippen LogP contribution in [0.3, 0.4) is 0 Å². The predicted octanol–water partition coefficient (Wildman–Crippen LogP) is 4.77. The van der Waals surface area contributed by atoms with Crippen LogP contribution in [-0.2, 0) is 0 Å². The van der Waals surface area contributed by atoms with Gasteiger partial charge in [-0.25, -0.2) is 14.4 Å². The van der Waals surface area contributed by atoms with Gasteiger partial charge in [-0.2, -0.15) is 0 Å². The molecule has 2 aliphatic rings. The molecule has 6 rings (SSSR count). The Morgan fingerprint density at radius 2 is 1.88 bits per heavy atom. The van der Waals surface area contributed by atoms with Crippen molar-refractivity contribution in [3.63, 3.8) is 0 Å². The number of benzene rings is 1. The number of aliphatic hydroxyl groups excluding tert-OH is 1. The van der Waals surface area contributed by atoms with Crippen LogP contribution in [0.1, 0.15) is 48.0 Å². The summed E-state index contributed by atoms with van der Waals surface area (Å²) in [5.74, 6) is -0.580. The summed E-state index contributed by atoms with van der Waals surface area (Å²) in [4.78, 5) is 42.1. The van der Waals surface area contributed by atoms with E-state index in [9.17, 15) is 14.7 Å². The van der Waals surface area contributed by atoms with Crippen molar-refractivity contribution in [3.05, 3.63) is 70.0 Å². The van der Waals surface area contributed by atoms with Gasteiger partial charge in [-0.05, 0) is 74.9 Å². The minimum Gasteiger partial charge on any atom is -0.493 e. The Kier molecular flexibility index (Phi) is 7.98. The van der Waals surface area contributed by atoms with Crippen LogP contribution in [-0.4, -0.2) is 70.3 Å². The number of anilines is 3. The zero-order valence-electron chi connectivity index (χ0n) is 24.3. The first-order valence-corrected chi connectivity index (χ1v) is 14.7. The van der Waals surface area contributed by atoms with Gasteiger partial charge in [0.15, 0.2) is 11.6 Å². The lowest BCUT2D eigenvalue weighted by Gasteiger charge is -2.31. The first kappa shape index (κ1) is 28.6. The number of ether oxygens (including phenoxy) is 1. The van der Waals surface area contributed by atoms with Crippen LogP contribution < -0.4 is 20.5 Å². The number of hydrogen-bond acceptors (Lipinski definition) is 8. The maximum atomic E-state index is 16.1. The van der Waals surface area contributed by atoms with E-state index >= 15 is 4.39 Å². The molecule has 0 spiro atoms. The number of halogens is 1. The number of aliphatic hydroxyl groups is 1. The number of carbonyl (C=O) groups is 1. The van der Waals surface area contributed by atoms with Crippen LogP contribution in [0.2, 0.25) is 0 Å². The highest BCUT2D eigenvalue weighted by Gasteiger charge is 2.26. The summed E-state index contributed by atoms with van der Waals surface area (Å²) in [6, 6.07) is 8.49. The summed E-state index contributed by atoms with van der Waals surface area (Å²) in [7, 11) is 1.35. The molecule has 1 aromatic carbocycles. The topological polar surface area (TPSA) is 124 Å². The quantitative estimate of drug-likeness (QED) is 0.295. The molecule has 0 bridgehead atoms. The number of amides is 1. The number of nitrogens with one attached hydrogen (secondary N) is 2. The van der Waals surface area contributed by atoms with Crippen molar-refractivity contribution in [3.8, 4) is 17.0 Å². The fraction of sp³-hybridized carbons (Fsp3) is 0.375. The molecule has 43 heavy (non-hydrogen) atoms. The van der Waals surface area contributed by atoms with E-state index in [0.717, 1.165) is 38.0 Å². The maximum Gasteiger partial charge on any atom is 0.259 e. The zero-order valence-corrected chi connectivity index (χ0v) is 24.3. The van der Waals surface area contributed by atoms with Crippen LogP contribution in [0.15, 0.2) is 47.5 Å². The SMILES string of the molecule is COc1c(C(=O)N2CCCCC2)ccc(-c2cc(Nc3ccc(N4CCC(O)CC4)cn3)c3c(=O)[nH]cc(C)c3n2)c1F. The molecule has 4 aromatic rings. The van der Waals surface area contributed by atoms with E-state index in [1.165, 1.54) is 13.2 Å². The van der Waals surface area contributed by atoms with E-state index in [2.05, 4.69) is 20.2 Å². The summed E-state index contributed by atoms with van der Waals surface area (Å²) >= 11 is 0. The van der Waals surface area contributed by atoms with Gasteiger partial charge < -0.3 is 29.9 Å². The Labute approximate surface area is 248 Å². The van der Waals surface area contributed by atoms with E-state index in [-0.39, 0.29) is 40.1 Å². The third-order valence-corrected chi connectivity index (χ3v) is 8.33. The number of methoxy groups -OCH3 is 1. The molecule has 2 fully saturated rings. The molecule has 0 unspecified atom stereocenters. The minimum absolute atomic E-state index is 0.130. The Hall–Kier alpha value is -4.51. The average molecular weight is 587 g/mol. The molecule has 0 radical (unpaired) electrons. The van der Waals surface area contributed by atoms with E-state index in [1.807, 2.05) is 19.1 Å². The lowest BCUT2D eigenvalue weighted by molar-refractivity contribution is 0.0720. The number of aromatic nitrogens is 3. The fourth-order valence-electron chi connectivity index (χ4n) is 5.91. The van der Waals surface area contributed by atoms with Crippen molar-refractivity contribution in [1.29, 1.82) is 0 Å². The minimum atomic E-state index is -0.695. The molecule has 224 valence electrons. The second-order valence-corrected chi connectivity index (χ2v) is 11.2.